The molecule has 1 fully saturated rings. The average Bonchev–Trinajstić information content (AvgIpc) is 2.83. The van der Waals surface area contributed by atoms with Gasteiger partial charge >= 0.3 is 11.9 Å². The van der Waals surface area contributed by atoms with Gasteiger partial charge in [0.05, 0.1) is 12.3 Å². The molecule has 0 aliphatic carbocycles. The molecule has 22 heavy (non-hydrogen) atoms. The summed E-state index contributed by atoms with van der Waals surface area (Å²) in [4.78, 5) is 23.1. The van der Waals surface area contributed by atoms with E-state index in [1.54, 1.807) is 0 Å². The molecule has 1 aliphatic rings. The van der Waals surface area contributed by atoms with Crippen molar-refractivity contribution in [1.82, 2.24) is 0 Å². The smallest absolute Gasteiger partial charge is 0.321 e. The third-order valence-corrected chi connectivity index (χ3v) is 4.35. The number of allylic oxidation sites excluding steroid dienone is 1. The van der Waals surface area contributed by atoms with E-state index in [0.717, 1.165) is 24.8 Å². The Balaban J connectivity index is 2.47. The lowest BCUT2D eigenvalue weighted by molar-refractivity contribution is -0.152. The third kappa shape index (κ3) is 7.24. The van der Waals surface area contributed by atoms with Gasteiger partial charge in [0.1, 0.15) is 0 Å². The van der Waals surface area contributed by atoms with E-state index < -0.39 is 0 Å². The largest absolute Gasteiger partial charge is 0.393 e. The Morgan fingerprint density at radius 1 is 1.00 bits per heavy atom. The summed E-state index contributed by atoms with van der Waals surface area (Å²) in [5.41, 5.74) is 1.14. The fourth-order valence-corrected chi connectivity index (χ4v) is 2.97. The molecule has 0 spiro atoms. The van der Waals surface area contributed by atoms with Crippen molar-refractivity contribution in [3.05, 3.63) is 11.6 Å². The highest BCUT2D eigenvalue weighted by Gasteiger charge is 2.35. The van der Waals surface area contributed by atoms with Gasteiger partial charge < -0.3 is 4.74 Å². The first-order valence-electron chi connectivity index (χ1n) is 9.12. The number of esters is 2. The van der Waals surface area contributed by atoms with Gasteiger partial charge in [0.25, 0.3) is 0 Å². The Morgan fingerprint density at radius 3 is 2.23 bits per heavy atom. The predicted octanol–water partition coefficient (Wildman–Crippen LogP) is 5.33. The minimum atomic E-state index is -0.363. The van der Waals surface area contributed by atoms with E-state index in [1.807, 2.05) is 0 Å². The van der Waals surface area contributed by atoms with Crippen LogP contribution in [0.5, 0.6) is 0 Å². The van der Waals surface area contributed by atoms with E-state index in [0.29, 0.717) is 0 Å². The Morgan fingerprint density at radius 2 is 1.64 bits per heavy atom. The monoisotopic (exact) mass is 308 g/mol. The van der Waals surface area contributed by atoms with E-state index in [-0.39, 0.29) is 24.3 Å². The van der Waals surface area contributed by atoms with Crippen molar-refractivity contribution in [3.8, 4) is 0 Å². The SMILES string of the molecule is CCCCCCC=C(CCCCCCC)C1CC(=O)OC1=O. The molecule has 1 aliphatic heterocycles. The molecule has 0 radical (unpaired) electrons. The molecular weight excluding hydrogens is 276 g/mol. The minimum Gasteiger partial charge on any atom is -0.393 e. The second-order valence-corrected chi connectivity index (χ2v) is 6.34. The number of rotatable bonds is 12. The maximum Gasteiger partial charge on any atom is 0.321 e. The molecule has 1 unspecified atom stereocenters. The molecule has 0 aromatic rings. The van der Waals surface area contributed by atoms with Gasteiger partial charge in [-0.1, -0.05) is 70.4 Å². The Hall–Kier alpha value is -1.12. The maximum atomic E-state index is 11.8. The number of cyclic esters (lactones) is 2. The predicted molar refractivity (Wildman–Crippen MR) is 89.4 cm³/mol. The number of ether oxygens (including phenoxy) is 1. The van der Waals surface area contributed by atoms with Gasteiger partial charge in [-0.25, -0.2) is 0 Å². The molecule has 0 saturated carbocycles. The summed E-state index contributed by atoms with van der Waals surface area (Å²) in [7, 11) is 0. The highest BCUT2D eigenvalue weighted by molar-refractivity contribution is 5.96. The van der Waals surface area contributed by atoms with E-state index in [9.17, 15) is 9.59 Å². The summed E-state index contributed by atoms with van der Waals surface area (Å²) in [6, 6.07) is 0. The zero-order valence-corrected chi connectivity index (χ0v) is 14.4. The van der Waals surface area contributed by atoms with E-state index in [4.69, 9.17) is 4.74 Å². The highest BCUT2D eigenvalue weighted by Crippen LogP contribution is 2.29. The van der Waals surface area contributed by atoms with Gasteiger partial charge in [0.15, 0.2) is 0 Å². The second-order valence-electron chi connectivity index (χ2n) is 6.34. The molecule has 0 aromatic carbocycles. The lowest BCUT2D eigenvalue weighted by atomic mass is 9.91. The standard InChI is InChI=1S/C19H32O3/c1-3-5-7-9-11-13-16(14-12-10-8-6-4-2)17-15-18(20)22-19(17)21/h13,17H,3-12,14-15H2,1-2H3. The number of hydrogen-bond donors (Lipinski definition) is 0. The van der Waals surface area contributed by atoms with E-state index in [2.05, 4.69) is 19.9 Å². The first-order chi connectivity index (χ1) is 10.7. The quantitative estimate of drug-likeness (QED) is 0.212. The molecule has 1 heterocycles. The van der Waals surface area contributed by atoms with Gasteiger partial charge in [-0.15, -0.1) is 0 Å². The molecule has 3 heteroatoms. The van der Waals surface area contributed by atoms with E-state index >= 15 is 0 Å². The summed E-state index contributed by atoms with van der Waals surface area (Å²) in [5.74, 6) is -0.999. The van der Waals surface area contributed by atoms with Crippen LogP contribution >= 0.6 is 0 Å². The minimum absolute atomic E-state index is 0.245. The summed E-state index contributed by atoms with van der Waals surface area (Å²) >= 11 is 0. The molecule has 0 amide bonds. The Bertz CT molecular complexity index is 371. The summed E-state index contributed by atoms with van der Waals surface area (Å²) in [6.45, 7) is 4.42. The van der Waals surface area contributed by atoms with Crippen LogP contribution in [0.25, 0.3) is 0 Å². The number of carbonyl (C=O) groups is 2. The van der Waals surface area contributed by atoms with Crippen LogP contribution in [0.15, 0.2) is 11.6 Å². The Labute approximate surface area is 135 Å². The summed E-state index contributed by atoms with van der Waals surface area (Å²) in [6.07, 6.45) is 15.4. The van der Waals surface area contributed by atoms with Crippen LogP contribution in [0.1, 0.15) is 90.9 Å². The molecule has 0 aromatic heterocycles. The van der Waals surface area contributed by atoms with Crippen LogP contribution in [-0.2, 0) is 14.3 Å². The topological polar surface area (TPSA) is 43.4 Å². The Kier molecular flexibility index (Phi) is 9.85. The normalized spacial score (nSPS) is 18.8. The van der Waals surface area contributed by atoms with Crippen LogP contribution in [0, 0.1) is 5.92 Å². The first kappa shape index (κ1) is 18.9. The number of hydrogen-bond acceptors (Lipinski definition) is 3. The molecular formula is C19H32O3. The highest BCUT2D eigenvalue weighted by atomic mass is 16.6. The fraction of sp³-hybridized carbons (Fsp3) is 0.789. The fourth-order valence-electron chi connectivity index (χ4n) is 2.97. The van der Waals surface area contributed by atoms with Crippen molar-refractivity contribution in [1.29, 1.82) is 0 Å². The van der Waals surface area contributed by atoms with Crippen molar-refractivity contribution < 1.29 is 14.3 Å². The van der Waals surface area contributed by atoms with Crippen LogP contribution < -0.4 is 0 Å². The second kappa shape index (κ2) is 11.4. The number of unbranched alkanes of at least 4 members (excludes halogenated alkanes) is 8. The molecule has 3 nitrogen and oxygen atoms in total. The van der Waals surface area contributed by atoms with Crippen molar-refractivity contribution in [2.75, 3.05) is 0 Å². The van der Waals surface area contributed by atoms with Crippen molar-refractivity contribution in [3.63, 3.8) is 0 Å². The average molecular weight is 308 g/mol. The van der Waals surface area contributed by atoms with Gasteiger partial charge in [0.2, 0.25) is 0 Å². The lowest BCUT2D eigenvalue weighted by Crippen LogP contribution is -2.11. The zero-order valence-electron chi connectivity index (χ0n) is 14.4. The van der Waals surface area contributed by atoms with Gasteiger partial charge in [0, 0.05) is 0 Å². The van der Waals surface area contributed by atoms with Crippen LogP contribution in [0.2, 0.25) is 0 Å². The summed E-state index contributed by atoms with van der Waals surface area (Å²) in [5, 5.41) is 0. The maximum absolute atomic E-state index is 11.8. The molecule has 0 N–H and O–H groups in total. The number of carbonyl (C=O) groups excluding carboxylic acids is 2. The summed E-state index contributed by atoms with van der Waals surface area (Å²) < 4.78 is 4.73. The molecule has 1 atom stereocenters. The van der Waals surface area contributed by atoms with Crippen molar-refractivity contribution in [2.24, 2.45) is 5.92 Å². The van der Waals surface area contributed by atoms with E-state index in [1.165, 1.54) is 51.4 Å². The van der Waals surface area contributed by atoms with Crippen LogP contribution in [0.4, 0.5) is 0 Å². The van der Waals surface area contributed by atoms with Gasteiger partial charge in [-0.3, -0.25) is 9.59 Å². The molecule has 0 bridgehead atoms. The first-order valence-corrected chi connectivity index (χ1v) is 9.12. The molecule has 1 saturated heterocycles. The zero-order chi connectivity index (χ0) is 16.2. The van der Waals surface area contributed by atoms with Crippen molar-refractivity contribution in [2.45, 2.75) is 90.9 Å². The van der Waals surface area contributed by atoms with Crippen molar-refractivity contribution >= 4 is 11.9 Å². The van der Waals surface area contributed by atoms with Crippen LogP contribution in [-0.4, -0.2) is 11.9 Å². The molecule has 126 valence electrons. The van der Waals surface area contributed by atoms with Gasteiger partial charge in [-0.2, -0.15) is 0 Å². The third-order valence-electron chi connectivity index (χ3n) is 4.35. The van der Waals surface area contributed by atoms with Crippen LogP contribution in [0.3, 0.4) is 0 Å². The van der Waals surface area contributed by atoms with Gasteiger partial charge in [-0.05, 0) is 25.7 Å². The lowest BCUT2D eigenvalue weighted by Gasteiger charge is -2.11. The molecule has 1 rings (SSSR count).